The van der Waals surface area contributed by atoms with E-state index in [0.29, 0.717) is 0 Å². The van der Waals surface area contributed by atoms with Gasteiger partial charge in [-0.1, -0.05) is 12.8 Å². The third-order valence-electron chi connectivity index (χ3n) is 2.92. The van der Waals surface area contributed by atoms with Crippen LogP contribution in [0.2, 0.25) is 0 Å². The fraction of sp³-hybridized carbons (Fsp3) is 0.545. The first-order valence-corrected chi connectivity index (χ1v) is 5.21. The number of nitrogens with zero attached hydrogens (tertiary/aromatic N) is 1. The van der Waals surface area contributed by atoms with Crippen LogP contribution < -0.4 is 11.1 Å². The lowest BCUT2D eigenvalue weighted by molar-refractivity contribution is 0.464. The van der Waals surface area contributed by atoms with E-state index < -0.39 is 0 Å². The largest absolute Gasteiger partial charge is 0.383 e. The van der Waals surface area contributed by atoms with Crippen molar-refractivity contribution in [3.8, 4) is 0 Å². The SMILES string of the molecule is NC1(CNc2ccncc2)CCCC1. The van der Waals surface area contributed by atoms with Gasteiger partial charge in [0.05, 0.1) is 0 Å². The van der Waals surface area contributed by atoms with Crippen molar-refractivity contribution >= 4 is 5.69 Å². The molecular formula is C11H17N3. The van der Waals surface area contributed by atoms with E-state index >= 15 is 0 Å². The van der Waals surface area contributed by atoms with Gasteiger partial charge in [-0.3, -0.25) is 4.98 Å². The maximum Gasteiger partial charge on any atom is 0.0371 e. The Kier molecular flexibility index (Phi) is 2.68. The highest BCUT2D eigenvalue weighted by molar-refractivity contribution is 5.41. The van der Waals surface area contributed by atoms with Crippen LogP contribution in [0.15, 0.2) is 24.5 Å². The summed E-state index contributed by atoms with van der Waals surface area (Å²) >= 11 is 0. The van der Waals surface area contributed by atoms with Crippen LogP contribution in [0.1, 0.15) is 25.7 Å². The van der Waals surface area contributed by atoms with Gasteiger partial charge in [0.25, 0.3) is 0 Å². The van der Waals surface area contributed by atoms with E-state index in [9.17, 15) is 0 Å². The standard InChI is InChI=1S/C11H17N3/c12-11(5-1-2-6-11)9-14-10-3-7-13-8-4-10/h3-4,7-8H,1-2,5-6,9,12H2,(H,13,14). The molecule has 1 aromatic rings. The van der Waals surface area contributed by atoms with Gasteiger partial charge in [-0.15, -0.1) is 0 Å². The Labute approximate surface area is 84.7 Å². The van der Waals surface area contributed by atoms with E-state index in [4.69, 9.17) is 5.73 Å². The van der Waals surface area contributed by atoms with Gasteiger partial charge in [-0.05, 0) is 25.0 Å². The van der Waals surface area contributed by atoms with Crippen molar-refractivity contribution in [2.45, 2.75) is 31.2 Å². The second-order valence-corrected chi connectivity index (χ2v) is 4.16. The Morgan fingerprint density at radius 3 is 2.57 bits per heavy atom. The van der Waals surface area contributed by atoms with Crippen molar-refractivity contribution in [2.75, 3.05) is 11.9 Å². The van der Waals surface area contributed by atoms with Gasteiger partial charge < -0.3 is 11.1 Å². The van der Waals surface area contributed by atoms with E-state index in [1.54, 1.807) is 12.4 Å². The molecule has 0 spiro atoms. The predicted molar refractivity (Wildman–Crippen MR) is 58.1 cm³/mol. The number of rotatable bonds is 3. The molecule has 76 valence electrons. The molecule has 3 N–H and O–H groups in total. The van der Waals surface area contributed by atoms with Crippen molar-refractivity contribution in [3.63, 3.8) is 0 Å². The number of hydrogen-bond acceptors (Lipinski definition) is 3. The fourth-order valence-corrected chi connectivity index (χ4v) is 2.00. The molecule has 1 heterocycles. The average molecular weight is 191 g/mol. The van der Waals surface area contributed by atoms with Crippen molar-refractivity contribution in [2.24, 2.45) is 5.73 Å². The zero-order chi connectivity index (χ0) is 9.86. The lowest BCUT2D eigenvalue weighted by Gasteiger charge is -2.24. The number of nitrogens with two attached hydrogens (primary N) is 1. The average Bonchev–Trinajstić information content (AvgIpc) is 2.65. The summed E-state index contributed by atoms with van der Waals surface area (Å²) in [6.45, 7) is 0.872. The van der Waals surface area contributed by atoms with Crippen LogP contribution in [0.5, 0.6) is 0 Å². The summed E-state index contributed by atoms with van der Waals surface area (Å²) in [4.78, 5) is 3.97. The minimum atomic E-state index is 0.0171. The van der Waals surface area contributed by atoms with Crippen molar-refractivity contribution in [1.82, 2.24) is 4.98 Å². The first-order valence-electron chi connectivity index (χ1n) is 5.21. The topological polar surface area (TPSA) is 50.9 Å². The summed E-state index contributed by atoms with van der Waals surface area (Å²) in [7, 11) is 0. The summed E-state index contributed by atoms with van der Waals surface area (Å²) in [5.41, 5.74) is 7.35. The Morgan fingerprint density at radius 1 is 1.29 bits per heavy atom. The summed E-state index contributed by atoms with van der Waals surface area (Å²) in [5, 5.41) is 3.36. The van der Waals surface area contributed by atoms with Gasteiger partial charge in [0, 0.05) is 30.2 Å². The van der Waals surface area contributed by atoms with Crippen molar-refractivity contribution in [1.29, 1.82) is 0 Å². The molecule has 2 rings (SSSR count). The predicted octanol–water partition coefficient (Wildman–Crippen LogP) is 1.76. The van der Waals surface area contributed by atoms with E-state index in [0.717, 1.165) is 25.1 Å². The Hall–Kier alpha value is -1.09. The molecule has 1 aromatic heterocycles. The van der Waals surface area contributed by atoms with Crippen LogP contribution in [-0.4, -0.2) is 17.1 Å². The third kappa shape index (κ3) is 2.23. The fourth-order valence-electron chi connectivity index (χ4n) is 2.00. The maximum atomic E-state index is 6.23. The number of anilines is 1. The van der Waals surface area contributed by atoms with Crippen LogP contribution >= 0.6 is 0 Å². The van der Waals surface area contributed by atoms with Gasteiger partial charge >= 0.3 is 0 Å². The number of pyridine rings is 1. The second-order valence-electron chi connectivity index (χ2n) is 4.16. The normalized spacial score (nSPS) is 19.5. The molecule has 1 saturated carbocycles. The second kappa shape index (κ2) is 3.96. The lowest BCUT2D eigenvalue weighted by Crippen LogP contribution is -2.43. The number of hydrogen-bond donors (Lipinski definition) is 2. The summed E-state index contributed by atoms with van der Waals surface area (Å²) in [5.74, 6) is 0. The highest BCUT2D eigenvalue weighted by Gasteiger charge is 2.28. The molecule has 0 amide bonds. The maximum absolute atomic E-state index is 6.23. The van der Waals surface area contributed by atoms with Crippen LogP contribution in [-0.2, 0) is 0 Å². The molecule has 0 aromatic carbocycles. The summed E-state index contributed by atoms with van der Waals surface area (Å²) in [6, 6.07) is 3.94. The zero-order valence-corrected chi connectivity index (χ0v) is 8.37. The first kappa shape index (κ1) is 9.46. The molecular weight excluding hydrogens is 174 g/mol. The quantitative estimate of drug-likeness (QED) is 0.765. The van der Waals surface area contributed by atoms with Crippen LogP contribution in [0.25, 0.3) is 0 Å². The summed E-state index contributed by atoms with van der Waals surface area (Å²) in [6.07, 6.45) is 8.42. The highest BCUT2D eigenvalue weighted by atomic mass is 14.9. The number of aromatic nitrogens is 1. The molecule has 1 aliphatic carbocycles. The van der Waals surface area contributed by atoms with Gasteiger partial charge in [0.2, 0.25) is 0 Å². The molecule has 1 fully saturated rings. The molecule has 0 saturated heterocycles. The van der Waals surface area contributed by atoms with Crippen molar-refractivity contribution < 1.29 is 0 Å². The van der Waals surface area contributed by atoms with E-state index in [1.807, 2.05) is 12.1 Å². The van der Waals surface area contributed by atoms with E-state index in [-0.39, 0.29) is 5.54 Å². The number of nitrogens with one attached hydrogen (secondary N) is 1. The highest BCUT2D eigenvalue weighted by Crippen LogP contribution is 2.27. The molecule has 3 heteroatoms. The zero-order valence-electron chi connectivity index (χ0n) is 8.37. The van der Waals surface area contributed by atoms with Gasteiger partial charge in [0.15, 0.2) is 0 Å². The van der Waals surface area contributed by atoms with Gasteiger partial charge in [0.1, 0.15) is 0 Å². The Balaban J connectivity index is 1.88. The third-order valence-corrected chi connectivity index (χ3v) is 2.92. The van der Waals surface area contributed by atoms with Gasteiger partial charge in [-0.2, -0.15) is 0 Å². The van der Waals surface area contributed by atoms with E-state index in [1.165, 1.54) is 12.8 Å². The minimum Gasteiger partial charge on any atom is -0.383 e. The molecule has 0 aliphatic heterocycles. The minimum absolute atomic E-state index is 0.0171. The molecule has 0 bridgehead atoms. The lowest BCUT2D eigenvalue weighted by atomic mass is 9.99. The Bertz CT molecular complexity index is 278. The molecule has 1 aliphatic rings. The van der Waals surface area contributed by atoms with E-state index in [2.05, 4.69) is 10.3 Å². The monoisotopic (exact) mass is 191 g/mol. The molecule has 3 nitrogen and oxygen atoms in total. The summed E-state index contributed by atoms with van der Waals surface area (Å²) < 4.78 is 0. The first-order chi connectivity index (χ1) is 6.79. The van der Waals surface area contributed by atoms with Crippen LogP contribution in [0.4, 0.5) is 5.69 Å². The molecule has 14 heavy (non-hydrogen) atoms. The smallest absolute Gasteiger partial charge is 0.0371 e. The molecule has 0 unspecified atom stereocenters. The van der Waals surface area contributed by atoms with Gasteiger partial charge in [-0.25, -0.2) is 0 Å². The molecule has 0 radical (unpaired) electrons. The van der Waals surface area contributed by atoms with Crippen LogP contribution in [0.3, 0.4) is 0 Å². The Morgan fingerprint density at radius 2 is 1.93 bits per heavy atom. The molecule has 0 atom stereocenters. The van der Waals surface area contributed by atoms with Crippen LogP contribution in [0, 0.1) is 0 Å². The van der Waals surface area contributed by atoms with Crippen molar-refractivity contribution in [3.05, 3.63) is 24.5 Å².